The lowest BCUT2D eigenvalue weighted by Gasteiger charge is -2.16. The third kappa shape index (κ3) is 9.01. The van der Waals surface area contributed by atoms with E-state index < -0.39 is 0 Å². The number of thiol groups is 1. The molecule has 8 heteroatoms. The van der Waals surface area contributed by atoms with Crippen molar-refractivity contribution < 1.29 is 14.2 Å². The zero-order chi connectivity index (χ0) is 29.8. The molecule has 1 aliphatic carbocycles. The maximum absolute atomic E-state index is 13.5. The van der Waals surface area contributed by atoms with Crippen LogP contribution in [0.15, 0.2) is 67.4 Å². The predicted molar refractivity (Wildman–Crippen MR) is 171 cm³/mol. The van der Waals surface area contributed by atoms with Crippen molar-refractivity contribution >= 4 is 29.2 Å². The lowest BCUT2D eigenvalue weighted by atomic mass is 10.0. The number of aliphatic hydroxyl groups is 1. The van der Waals surface area contributed by atoms with E-state index in [-0.39, 0.29) is 12.5 Å². The molecule has 0 atom stereocenters. The zero-order valence-electron chi connectivity index (χ0n) is 24.2. The van der Waals surface area contributed by atoms with Gasteiger partial charge in [0.05, 0.1) is 18.9 Å². The van der Waals surface area contributed by atoms with Gasteiger partial charge in [0.15, 0.2) is 0 Å². The SMILES string of the molecule is C=C(NCCc1cc(C)c(OCCC)c(-c2ccc(F)cc2)n1)c1ccc2ncc(C3CC3)cc2c1.CS.NCO. The number of ether oxygens (including phenoxy) is 1. The number of rotatable bonds is 10. The van der Waals surface area contributed by atoms with Gasteiger partial charge in [-0.2, -0.15) is 12.6 Å². The fourth-order valence-corrected chi connectivity index (χ4v) is 4.47. The van der Waals surface area contributed by atoms with Gasteiger partial charge in [-0.05, 0) is 104 Å². The van der Waals surface area contributed by atoms with Crippen LogP contribution in [-0.4, -0.2) is 41.2 Å². The molecule has 4 N–H and O–H groups in total. The van der Waals surface area contributed by atoms with Crippen molar-refractivity contribution in [2.24, 2.45) is 5.73 Å². The van der Waals surface area contributed by atoms with Gasteiger partial charge < -0.3 is 20.9 Å². The first-order chi connectivity index (χ1) is 19.9. The van der Waals surface area contributed by atoms with Crippen LogP contribution in [0.3, 0.4) is 0 Å². The summed E-state index contributed by atoms with van der Waals surface area (Å²) in [5.74, 6) is 1.18. The Morgan fingerprint density at radius 3 is 2.51 bits per heavy atom. The molecule has 41 heavy (non-hydrogen) atoms. The molecule has 0 bridgehead atoms. The Bertz CT molecular complexity index is 1430. The highest BCUT2D eigenvalue weighted by atomic mass is 32.1. The smallest absolute Gasteiger partial charge is 0.148 e. The molecule has 1 fully saturated rings. The number of nitrogens with two attached hydrogens (primary N) is 1. The Balaban J connectivity index is 0.000000868. The Hall–Kier alpha value is -3.46. The fourth-order valence-electron chi connectivity index (χ4n) is 4.47. The summed E-state index contributed by atoms with van der Waals surface area (Å²) in [5, 5.41) is 12.0. The van der Waals surface area contributed by atoms with E-state index in [4.69, 9.17) is 14.8 Å². The van der Waals surface area contributed by atoms with Gasteiger partial charge in [-0.3, -0.25) is 4.98 Å². The number of hydrogen-bond donors (Lipinski definition) is 4. The summed E-state index contributed by atoms with van der Waals surface area (Å²) in [6, 6.07) is 17.1. The molecular weight excluding hydrogens is 535 g/mol. The average Bonchev–Trinajstić information content (AvgIpc) is 3.84. The van der Waals surface area contributed by atoms with Crippen molar-refractivity contribution in [3.63, 3.8) is 0 Å². The van der Waals surface area contributed by atoms with Crippen molar-refractivity contribution in [3.05, 3.63) is 95.6 Å². The number of benzene rings is 2. The van der Waals surface area contributed by atoms with Crippen molar-refractivity contribution in [2.75, 3.05) is 26.1 Å². The molecule has 0 amide bonds. The molecule has 1 aliphatic rings. The second-order valence-corrected chi connectivity index (χ2v) is 9.75. The number of aromatic nitrogens is 2. The van der Waals surface area contributed by atoms with E-state index in [1.807, 2.05) is 13.1 Å². The highest BCUT2D eigenvalue weighted by Gasteiger charge is 2.24. The second-order valence-electron chi connectivity index (χ2n) is 9.75. The summed E-state index contributed by atoms with van der Waals surface area (Å²) in [6.45, 7) is 9.43. The van der Waals surface area contributed by atoms with E-state index in [0.717, 1.165) is 63.3 Å². The number of halogens is 1. The number of nitrogens with one attached hydrogen (secondary N) is 1. The number of fused-ring (bicyclic) bond motifs is 1. The second kappa shape index (κ2) is 16.1. The molecule has 0 unspecified atom stereocenters. The summed E-state index contributed by atoms with van der Waals surface area (Å²) < 4.78 is 19.5. The van der Waals surface area contributed by atoms with Crippen molar-refractivity contribution in [3.8, 4) is 17.0 Å². The quantitative estimate of drug-likeness (QED) is 0.125. The lowest BCUT2D eigenvalue weighted by Crippen LogP contribution is -2.16. The third-order valence-corrected chi connectivity index (χ3v) is 6.60. The first-order valence-corrected chi connectivity index (χ1v) is 14.8. The predicted octanol–water partition coefficient (Wildman–Crippen LogP) is 6.65. The molecule has 0 spiro atoms. The van der Waals surface area contributed by atoms with Crippen LogP contribution < -0.4 is 15.8 Å². The minimum absolute atomic E-state index is 0.250. The van der Waals surface area contributed by atoms with E-state index in [0.29, 0.717) is 19.1 Å². The first-order valence-electron chi connectivity index (χ1n) is 13.9. The van der Waals surface area contributed by atoms with E-state index in [1.165, 1.54) is 30.5 Å². The number of aryl methyl sites for hydroxylation is 1. The van der Waals surface area contributed by atoms with E-state index in [1.54, 1.807) is 18.4 Å². The summed E-state index contributed by atoms with van der Waals surface area (Å²) in [5.41, 5.74) is 12.3. The van der Waals surface area contributed by atoms with E-state index in [2.05, 4.69) is 72.5 Å². The first kappa shape index (κ1) is 32.1. The van der Waals surface area contributed by atoms with Gasteiger partial charge in [-0.25, -0.2) is 9.37 Å². The van der Waals surface area contributed by atoms with Crippen LogP contribution in [0.2, 0.25) is 0 Å². The molecule has 2 heterocycles. The monoisotopic (exact) mass is 576 g/mol. The van der Waals surface area contributed by atoms with Gasteiger partial charge in [0.1, 0.15) is 17.3 Å². The number of aliphatic hydroxyl groups excluding tert-OH is 1. The van der Waals surface area contributed by atoms with Gasteiger partial charge in [-0.1, -0.05) is 19.6 Å². The summed E-state index contributed by atoms with van der Waals surface area (Å²) in [7, 11) is 0. The Labute approximate surface area is 248 Å². The molecule has 2 aromatic carbocycles. The van der Waals surface area contributed by atoms with Crippen LogP contribution in [-0.2, 0) is 6.42 Å². The van der Waals surface area contributed by atoms with Crippen LogP contribution in [0.1, 0.15) is 54.5 Å². The van der Waals surface area contributed by atoms with Crippen LogP contribution in [0.5, 0.6) is 5.75 Å². The molecule has 5 rings (SSSR count). The fraction of sp³-hybridized carbons (Fsp3) is 0.333. The number of nitrogens with zero attached hydrogens (tertiary/aromatic N) is 2. The number of pyridine rings is 2. The van der Waals surface area contributed by atoms with Crippen molar-refractivity contribution in [1.82, 2.24) is 15.3 Å². The summed E-state index contributed by atoms with van der Waals surface area (Å²) in [4.78, 5) is 9.53. The van der Waals surface area contributed by atoms with Gasteiger partial charge >= 0.3 is 0 Å². The Kier molecular flexibility index (Phi) is 12.6. The van der Waals surface area contributed by atoms with E-state index >= 15 is 0 Å². The maximum atomic E-state index is 13.5. The Morgan fingerprint density at radius 2 is 1.85 bits per heavy atom. The van der Waals surface area contributed by atoms with Gasteiger partial charge in [-0.15, -0.1) is 0 Å². The molecule has 218 valence electrons. The highest BCUT2D eigenvalue weighted by molar-refractivity contribution is 7.79. The summed E-state index contributed by atoms with van der Waals surface area (Å²) in [6.07, 6.45) is 7.87. The largest absolute Gasteiger partial charge is 0.491 e. The van der Waals surface area contributed by atoms with Crippen LogP contribution in [0.25, 0.3) is 27.9 Å². The molecule has 4 aromatic rings. The van der Waals surface area contributed by atoms with E-state index in [9.17, 15) is 4.39 Å². The molecule has 1 saturated carbocycles. The molecule has 0 radical (unpaired) electrons. The van der Waals surface area contributed by atoms with Gasteiger partial charge in [0.25, 0.3) is 0 Å². The van der Waals surface area contributed by atoms with Gasteiger partial charge in [0.2, 0.25) is 0 Å². The molecule has 2 aromatic heterocycles. The molecule has 0 aliphatic heterocycles. The minimum Gasteiger partial charge on any atom is -0.491 e. The maximum Gasteiger partial charge on any atom is 0.148 e. The van der Waals surface area contributed by atoms with Crippen molar-refractivity contribution in [1.29, 1.82) is 0 Å². The molecular formula is C33H41FN4O2S. The summed E-state index contributed by atoms with van der Waals surface area (Å²) >= 11 is 3.53. The molecule has 6 nitrogen and oxygen atoms in total. The topological polar surface area (TPSA) is 93.3 Å². The third-order valence-electron chi connectivity index (χ3n) is 6.60. The van der Waals surface area contributed by atoms with Crippen LogP contribution >= 0.6 is 12.6 Å². The van der Waals surface area contributed by atoms with Gasteiger partial charge in [0, 0.05) is 41.5 Å². The average molecular weight is 577 g/mol. The number of hydrogen-bond acceptors (Lipinski definition) is 7. The van der Waals surface area contributed by atoms with Crippen molar-refractivity contribution in [2.45, 2.75) is 45.4 Å². The minimum atomic E-state index is -0.265. The highest BCUT2D eigenvalue weighted by Crippen LogP contribution is 2.40. The molecule has 0 saturated heterocycles. The zero-order valence-corrected chi connectivity index (χ0v) is 25.1. The normalized spacial score (nSPS) is 12.1. The Morgan fingerprint density at radius 1 is 1.15 bits per heavy atom. The standard InChI is InChI=1S/C31H32FN3O.CH5NO.CH4S/c1-4-15-36-31-20(2)16-28(35-30(31)23-7-10-27(32)11-8-23)13-14-33-21(3)24-9-12-29-25(17-24)18-26(19-34-29)22-5-6-22;2-1-3;1-2/h7-12,16-19,22,33H,3-6,13-15H2,1-2H3;3H,1-2H2;2H,1H3. The lowest BCUT2D eigenvalue weighted by molar-refractivity contribution is 0.307. The van der Waals surface area contributed by atoms with Crippen LogP contribution in [0.4, 0.5) is 4.39 Å². The van der Waals surface area contributed by atoms with Crippen LogP contribution in [0, 0.1) is 12.7 Å².